The number of allylic oxidation sites excluding steroid dienone is 4. The van der Waals surface area contributed by atoms with E-state index in [-0.39, 0.29) is 28.3 Å². The summed E-state index contributed by atoms with van der Waals surface area (Å²) < 4.78 is 4.46. The Balaban J connectivity index is 2.12. The summed E-state index contributed by atoms with van der Waals surface area (Å²) in [5, 5.41) is 0. The molecule has 0 N–H and O–H groups in total. The van der Waals surface area contributed by atoms with Crippen molar-refractivity contribution in [2.45, 2.75) is 0 Å². The van der Waals surface area contributed by atoms with Crippen molar-refractivity contribution in [3.05, 3.63) is 53.1 Å². The van der Waals surface area contributed by atoms with Crippen LogP contribution in [0.2, 0.25) is 0 Å². The summed E-state index contributed by atoms with van der Waals surface area (Å²) in [7, 11) is 0. The first-order valence-electron chi connectivity index (χ1n) is 5.45. The maximum Gasteiger partial charge on any atom is 0.346 e. The molecule has 0 unspecified atom stereocenters. The Kier molecular flexibility index (Phi) is 2.28. The monoisotopic (exact) mass is 254 g/mol. The zero-order valence-electron chi connectivity index (χ0n) is 9.51. The van der Waals surface area contributed by atoms with Gasteiger partial charge in [0.05, 0.1) is 11.1 Å². The third-order valence-corrected chi connectivity index (χ3v) is 2.91. The molecule has 19 heavy (non-hydrogen) atoms. The summed E-state index contributed by atoms with van der Waals surface area (Å²) in [6.45, 7) is 0. The molecule has 5 heteroatoms. The van der Waals surface area contributed by atoms with E-state index in [1.165, 1.54) is 36.4 Å². The van der Waals surface area contributed by atoms with Gasteiger partial charge in [-0.2, -0.15) is 0 Å². The highest BCUT2D eigenvalue weighted by molar-refractivity contribution is 6.34. The SMILES string of the molecule is O=C1C=CC(=O)C(c2ccc3c(c2)C(=O)OC3=O)=C1. The van der Waals surface area contributed by atoms with E-state index in [4.69, 9.17) is 0 Å². The first-order chi connectivity index (χ1) is 9.06. The van der Waals surface area contributed by atoms with Gasteiger partial charge in [0.2, 0.25) is 0 Å². The number of cyclic esters (lactones) is 2. The second-order valence-electron chi connectivity index (χ2n) is 4.10. The van der Waals surface area contributed by atoms with E-state index in [0.29, 0.717) is 5.56 Å². The smallest absolute Gasteiger partial charge is 0.346 e. The van der Waals surface area contributed by atoms with Gasteiger partial charge >= 0.3 is 11.9 Å². The number of rotatable bonds is 1. The van der Waals surface area contributed by atoms with Crippen molar-refractivity contribution in [2.24, 2.45) is 0 Å². The maximum absolute atomic E-state index is 11.7. The van der Waals surface area contributed by atoms with Crippen LogP contribution in [0.1, 0.15) is 26.3 Å². The molecule has 0 spiro atoms. The van der Waals surface area contributed by atoms with Crippen LogP contribution in [0.25, 0.3) is 5.57 Å². The number of hydrogen-bond acceptors (Lipinski definition) is 5. The highest BCUT2D eigenvalue weighted by Gasteiger charge is 2.30. The summed E-state index contributed by atoms with van der Waals surface area (Å²) in [4.78, 5) is 45.7. The normalized spacial score (nSPS) is 17.4. The summed E-state index contributed by atoms with van der Waals surface area (Å²) in [5.41, 5.74) is 0.883. The van der Waals surface area contributed by atoms with Gasteiger partial charge in [0, 0.05) is 5.57 Å². The minimum atomic E-state index is -0.743. The van der Waals surface area contributed by atoms with Crippen LogP contribution < -0.4 is 0 Å². The molecule has 0 bridgehead atoms. The van der Waals surface area contributed by atoms with E-state index < -0.39 is 11.9 Å². The van der Waals surface area contributed by atoms with Crippen LogP contribution in [0.3, 0.4) is 0 Å². The zero-order chi connectivity index (χ0) is 13.6. The van der Waals surface area contributed by atoms with Gasteiger partial charge in [-0.1, -0.05) is 6.07 Å². The number of carbonyl (C=O) groups is 4. The van der Waals surface area contributed by atoms with Crippen LogP contribution in [-0.4, -0.2) is 23.5 Å². The first kappa shape index (κ1) is 11.3. The topological polar surface area (TPSA) is 77.5 Å². The second-order valence-corrected chi connectivity index (χ2v) is 4.10. The lowest BCUT2D eigenvalue weighted by Gasteiger charge is -2.07. The molecule has 1 aliphatic carbocycles. The third kappa shape index (κ3) is 1.72. The molecule has 0 radical (unpaired) electrons. The van der Waals surface area contributed by atoms with Crippen molar-refractivity contribution in [3.63, 3.8) is 0 Å². The molecule has 1 heterocycles. The van der Waals surface area contributed by atoms with Crippen molar-refractivity contribution in [1.82, 2.24) is 0 Å². The lowest BCUT2D eigenvalue weighted by atomic mass is 9.94. The summed E-state index contributed by atoms with van der Waals surface area (Å²) in [5.74, 6) is -2.06. The van der Waals surface area contributed by atoms with Crippen molar-refractivity contribution in [1.29, 1.82) is 0 Å². The molecule has 0 amide bonds. The van der Waals surface area contributed by atoms with Crippen molar-refractivity contribution < 1.29 is 23.9 Å². The minimum Gasteiger partial charge on any atom is -0.386 e. The maximum atomic E-state index is 11.7. The van der Waals surface area contributed by atoms with Crippen molar-refractivity contribution >= 4 is 29.1 Å². The molecule has 1 aromatic carbocycles. The number of carbonyl (C=O) groups excluding carboxylic acids is 4. The van der Waals surface area contributed by atoms with E-state index in [9.17, 15) is 19.2 Å². The molecule has 2 aliphatic rings. The molecular formula is C14H6O5. The summed E-state index contributed by atoms with van der Waals surface area (Å²) in [6.07, 6.45) is 3.55. The van der Waals surface area contributed by atoms with Gasteiger partial charge in [-0.3, -0.25) is 9.59 Å². The van der Waals surface area contributed by atoms with Crippen LogP contribution in [-0.2, 0) is 14.3 Å². The Labute approximate surface area is 107 Å². The molecule has 0 fully saturated rings. The van der Waals surface area contributed by atoms with Gasteiger partial charge < -0.3 is 4.74 Å². The predicted molar refractivity (Wildman–Crippen MR) is 63.3 cm³/mol. The second kappa shape index (κ2) is 3.84. The molecule has 92 valence electrons. The Morgan fingerprint density at radius 1 is 0.842 bits per heavy atom. The van der Waals surface area contributed by atoms with Gasteiger partial charge in [0.25, 0.3) is 0 Å². The summed E-state index contributed by atoms with van der Waals surface area (Å²) in [6, 6.07) is 4.31. The molecule has 0 aromatic heterocycles. The molecule has 1 aliphatic heterocycles. The quantitative estimate of drug-likeness (QED) is 0.426. The highest BCUT2D eigenvalue weighted by atomic mass is 16.6. The average Bonchev–Trinajstić information content (AvgIpc) is 2.68. The fourth-order valence-corrected chi connectivity index (χ4v) is 1.99. The lowest BCUT2D eigenvalue weighted by molar-refractivity contribution is -0.113. The van der Waals surface area contributed by atoms with Crippen LogP contribution in [0.5, 0.6) is 0 Å². The van der Waals surface area contributed by atoms with E-state index in [1.807, 2.05) is 0 Å². The van der Waals surface area contributed by atoms with Crippen molar-refractivity contribution in [3.8, 4) is 0 Å². The molecule has 0 saturated heterocycles. The van der Waals surface area contributed by atoms with Gasteiger partial charge in [-0.05, 0) is 35.9 Å². The number of ketones is 2. The van der Waals surface area contributed by atoms with Crippen molar-refractivity contribution in [2.75, 3.05) is 0 Å². The van der Waals surface area contributed by atoms with E-state index >= 15 is 0 Å². The van der Waals surface area contributed by atoms with Crippen LogP contribution in [0.4, 0.5) is 0 Å². The molecule has 0 atom stereocenters. The average molecular weight is 254 g/mol. The predicted octanol–water partition coefficient (Wildman–Crippen LogP) is 1.09. The minimum absolute atomic E-state index is 0.109. The number of fused-ring (bicyclic) bond motifs is 1. The standard InChI is InChI=1S/C14H6O5/c15-8-2-4-12(16)10(6-8)7-1-3-9-11(5-7)14(18)19-13(9)17/h1-6H. The molecule has 3 rings (SSSR count). The summed E-state index contributed by atoms with van der Waals surface area (Å²) >= 11 is 0. The Bertz CT molecular complexity index is 721. The van der Waals surface area contributed by atoms with Crippen LogP contribution >= 0.6 is 0 Å². The van der Waals surface area contributed by atoms with E-state index in [1.54, 1.807) is 0 Å². The molecule has 5 nitrogen and oxygen atoms in total. The van der Waals surface area contributed by atoms with Crippen LogP contribution in [0, 0.1) is 0 Å². The van der Waals surface area contributed by atoms with E-state index in [0.717, 1.165) is 0 Å². The number of benzene rings is 1. The first-order valence-corrected chi connectivity index (χ1v) is 5.45. The molecule has 0 saturated carbocycles. The Morgan fingerprint density at radius 3 is 2.37 bits per heavy atom. The fourth-order valence-electron chi connectivity index (χ4n) is 1.99. The zero-order valence-corrected chi connectivity index (χ0v) is 9.51. The van der Waals surface area contributed by atoms with Gasteiger partial charge in [-0.25, -0.2) is 9.59 Å². The van der Waals surface area contributed by atoms with E-state index in [2.05, 4.69) is 4.74 Å². The van der Waals surface area contributed by atoms with Crippen LogP contribution in [0.15, 0.2) is 36.4 Å². The Hall–Kier alpha value is -2.82. The number of ether oxygens (including phenoxy) is 1. The van der Waals surface area contributed by atoms with Gasteiger partial charge in [0.1, 0.15) is 0 Å². The molecule has 1 aromatic rings. The number of hydrogen-bond donors (Lipinski definition) is 0. The largest absolute Gasteiger partial charge is 0.386 e. The highest BCUT2D eigenvalue weighted by Crippen LogP contribution is 2.26. The fraction of sp³-hybridized carbons (Fsp3) is 0. The lowest BCUT2D eigenvalue weighted by Crippen LogP contribution is -2.07. The van der Waals surface area contributed by atoms with Gasteiger partial charge in [-0.15, -0.1) is 0 Å². The van der Waals surface area contributed by atoms with Gasteiger partial charge in [0.15, 0.2) is 11.6 Å². The number of esters is 2. The molecular weight excluding hydrogens is 248 g/mol. The third-order valence-electron chi connectivity index (χ3n) is 2.91. The Morgan fingerprint density at radius 2 is 1.58 bits per heavy atom.